The zero-order valence-electron chi connectivity index (χ0n) is 14.9. The fourth-order valence-electron chi connectivity index (χ4n) is 3.06. The van der Waals surface area contributed by atoms with Gasteiger partial charge in [0.1, 0.15) is 0 Å². The van der Waals surface area contributed by atoms with Gasteiger partial charge in [-0.1, -0.05) is 51.1 Å². The fourth-order valence-corrected chi connectivity index (χ4v) is 3.06. The van der Waals surface area contributed by atoms with E-state index in [1.807, 2.05) is 13.1 Å². The summed E-state index contributed by atoms with van der Waals surface area (Å²) >= 11 is 0. The molecule has 1 aromatic rings. The van der Waals surface area contributed by atoms with Crippen molar-refractivity contribution in [2.45, 2.75) is 71.3 Å². The van der Waals surface area contributed by atoms with Crippen molar-refractivity contribution in [3.63, 3.8) is 0 Å². The summed E-state index contributed by atoms with van der Waals surface area (Å²) in [5, 5.41) is 10.9. The van der Waals surface area contributed by atoms with Gasteiger partial charge < -0.3 is 15.2 Å². The quantitative estimate of drug-likeness (QED) is 0.639. The third-order valence-corrected chi connectivity index (χ3v) is 4.61. The molecule has 0 unspecified atom stereocenters. The molecule has 0 aromatic carbocycles. The molecule has 0 bridgehead atoms. The summed E-state index contributed by atoms with van der Waals surface area (Å²) < 4.78 is 5.35. The summed E-state index contributed by atoms with van der Waals surface area (Å²) in [6, 6.07) is 2.01. The van der Waals surface area contributed by atoms with E-state index >= 15 is 0 Å². The number of guanidine groups is 1. The van der Waals surface area contributed by atoms with Crippen LogP contribution in [-0.2, 0) is 6.54 Å². The molecule has 1 fully saturated rings. The lowest BCUT2D eigenvalue weighted by Gasteiger charge is -2.21. The van der Waals surface area contributed by atoms with Crippen LogP contribution in [0.1, 0.15) is 76.2 Å². The molecule has 1 aliphatic rings. The van der Waals surface area contributed by atoms with E-state index < -0.39 is 0 Å². The molecule has 0 atom stereocenters. The van der Waals surface area contributed by atoms with E-state index in [0.29, 0.717) is 12.5 Å². The van der Waals surface area contributed by atoms with E-state index in [2.05, 4.69) is 34.6 Å². The summed E-state index contributed by atoms with van der Waals surface area (Å²) in [5.74, 6) is 2.85. The summed E-state index contributed by atoms with van der Waals surface area (Å²) in [7, 11) is 1.81. The highest BCUT2D eigenvalue weighted by molar-refractivity contribution is 5.79. The van der Waals surface area contributed by atoms with Crippen molar-refractivity contribution >= 4 is 5.96 Å². The van der Waals surface area contributed by atoms with Crippen molar-refractivity contribution in [2.75, 3.05) is 13.6 Å². The first-order valence-electron chi connectivity index (χ1n) is 9.09. The van der Waals surface area contributed by atoms with Crippen LogP contribution in [-0.4, -0.2) is 24.7 Å². The number of aromatic nitrogens is 1. The first-order chi connectivity index (χ1) is 11.2. The number of aliphatic imine (C=N–C) groups is 1. The van der Waals surface area contributed by atoms with Crippen LogP contribution < -0.4 is 10.6 Å². The van der Waals surface area contributed by atoms with Crippen molar-refractivity contribution in [1.29, 1.82) is 0 Å². The maximum absolute atomic E-state index is 5.35. The smallest absolute Gasteiger partial charge is 0.191 e. The lowest BCUT2D eigenvalue weighted by Crippen LogP contribution is -2.39. The highest BCUT2D eigenvalue weighted by atomic mass is 16.5. The molecule has 5 heteroatoms. The molecule has 23 heavy (non-hydrogen) atoms. The summed E-state index contributed by atoms with van der Waals surface area (Å²) in [6.45, 7) is 5.85. The topological polar surface area (TPSA) is 62.5 Å². The Balaban J connectivity index is 1.73. The van der Waals surface area contributed by atoms with Gasteiger partial charge >= 0.3 is 0 Å². The van der Waals surface area contributed by atoms with Crippen molar-refractivity contribution in [3.8, 4) is 0 Å². The number of hydrogen-bond acceptors (Lipinski definition) is 3. The predicted octanol–water partition coefficient (Wildman–Crippen LogP) is 3.82. The Morgan fingerprint density at radius 2 is 1.91 bits per heavy atom. The summed E-state index contributed by atoms with van der Waals surface area (Å²) in [5.41, 5.74) is 0.999. The van der Waals surface area contributed by atoms with Gasteiger partial charge in [0, 0.05) is 19.7 Å². The van der Waals surface area contributed by atoms with E-state index in [4.69, 9.17) is 4.52 Å². The Morgan fingerprint density at radius 3 is 2.52 bits per heavy atom. The third-order valence-electron chi connectivity index (χ3n) is 4.61. The van der Waals surface area contributed by atoms with Gasteiger partial charge in [-0.05, 0) is 24.7 Å². The predicted molar refractivity (Wildman–Crippen MR) is 94.6 cm³/mol. The molecule has 1 heterocycles. The average Bonchev–Trinajstić information content (AvgIpc) is 2.98. The van der Waals surface area contributed by atoms with Crippen LogP contribution in [0.3, 0.4) is 0 Å². The minimum absolute atomic E-state index is 0.393. The minimum atomic E-state index is 0.393. The van der Waals surface area contributed by atoms with E-state index in [0.717, 1.165) is 29.9 Å². The highest BCUT2D eigenvalue weighted by Crippen LogP contribution is 2.21. The molecule has 5 nitrogen and oxygen atoms in total. The maximum atomic E-state index is 5.35. The molecule has 0 radical (unpaired) electrons. The van der Waals surface area contributed by atoms with E-state index in [1.54, 1.807) is 0 Å². The van der Waals surface area contributed by atoms with E-state index in [9.17, 15) is 0 Å². The Morgan fingerprint density at radius 1 is 1.22 bits per heavy atom. The molecule has 1 aromatic heterocycles. The Kier molecular flexibility index (Phi) is 7.43. The van der Waals surface area contributed by atoms with E-state index in [1.165, 1.54) is 44.9 Å². The largest absolute Gasteiger partial charge is 0.359 e. The number of hydrogen-bond donors (Lipinski definition) is 2. The van der Waals surface area contributed by atoms with Crippen molar-refractivity contribution in [2.24, 2.45) is 10.9 Å². The van der Waals surface area contributed by atoms with Crippen LogP contribution in [0.4, 0.5) is 0 Å². The van der Waals surface area contributed by atoms with Crippen LogP contribution in [0.15, 0.2) is 15.6 Å². The van der Waals surface area contributed by atoms with Crippen molar-refractivity contribution < 1.29 is 4.52 Å². The van der Waals surface area contributed by atoms with Crippen LogP contribution in [0.5, 0.6) is 0 Å². The molecule has 0 aliphatic heterocycles. The second-order valence-corrected chi connectivity index (χ2v) is 6.89. The Hall–Kier alpha value is -1.52. The van der Waals surface area contributed by atoms with Crippen LogP contribution >= 0.6 is 0 Å². The van der Waals surface area contributed by atoms with Gasteiger partial charge in [-0.15, -0.1) is 0 Å². The van der Waals surface area contributed by atoms with Crippen molar-refractivity contribution in [3.05, 3.63) is 17.5 Å². The zero-order valence-corrected chi connectivity index (χ0v) is 14.9. The molecule has 2 rings (SSSR count). The van der Waals surface area contributed by atoms with Gasteiger partial charge in [0.15, 0.2) is 11.7 Å². The maximum Gasteiger partial charge on any atom is 0.191 e. The van der Waals surface area contributed by atoms with Gasteiger partial charge in [-0.2, -0.15) is 0 Å². The van der Waals surface area contributed by atoms with E-state index in [-0.39, 0.29) is 0 Å². The zero-order chi connectivity index (χ0) is 16.5. The minimum Gasteiger partial charge on any atom is -0.359 e. The first-order valence-corrected chi connectivity index (χ1v) is 9.09. The van der Waals surface area contributed by atoms with Crippen LogP contribution in [0.2, 0.25) is 0 Å². The van der Waals surface area contributed by atoms with Gasteiger partial charge in [0.2, 0.25) is 0 Å². The molecule has 1 saturated carbocycles. The molecule has 0 saturated heterocycles. The lowest BCUT2D eigenvalue weighted by atomic mass is 9.91. The van der Waals surface area contributed by atoms with Gasteiger partial charge in [-0.3, -0.25) is 4.99 Å². The summed E-state index contributed by atoms with van der Waals surface area (Å²) in [6.07, 6.45) is 9.62. The number of rotatable bonds is 5. The number of nitrogens with zero attached hydrogens (tertiary/aromatic N) is 2. The molecule has 2 N–H and O–H groups in total. The normalized spacial score (nSPS) is 17.8. The molecule has 130 valence electrons. The molecule has 1 aliphatic carbocycles. The number of nitrogens with one attached hydrogen (secondary N) is 2. The Labute approximate surface area is 140 Å². The molecular formula is C18H32N4O. The molecule has 0 spiro atoms. The second-order valence-electron chi connectivity index (χ2n) is 6.89. The summed E-state index contributed by atoms with van der Waals surface area (Å²) in [4.78, 5) is 4.30. The van der Waals surface area contributed by atoms with Crippen LogP contribution in [0.25, 0.3) is 0 Å². The van der Waals surface area contributed by atoms with Gasteiger partial charge in [0.05, 0.1) is 12.2 Å². The molecular weight excluding hydrogens is 288 g/mol. The first kappa shape index (κ1) is 17.8. The fraction of sp³-hybridized carbons (Fsp3) is 0.778. The monoisotopic (exact) mass is 320 g/mol. The third kappa shape index (κ3) is 6.24. The highest BCUT2D eigenvalue weighted by Gasteiger charge is 2.12. The Bertz CT molecular complexity index is 473. The molecule has 0 amide bonds. The lowest BCUT2D eigenvalue weighted by molar-refractivity contribution is 0.368. The second kappa shape index (κ2) is 9.58. The van der Waals surface area contributed by atoms with Crippen molar-refractivity contribution in [1.82, 2.24) is 15.8 Å². The van der Waals surface area contributed by atoms with Gasteiger partial charge in [0.25, 0.3) is 0 Å². The average molecular weight is 320 g/mol. The van der Waals surface area contributed by atoms with Crippen LogP contribution in [0, 0.1) is 5.92 Å². The SMILES string of the molecule is CN=C(NCc1cc(C(C)C)no1)NCC1CCCCCCC1. The standard InChI is InChI=1S/C18H32N4O/c1-14(2)17-11-16(23-22-17)13-21-18(19-3)20-12-15-9-7-5-4-6-8-10-15/h11,14-15H,4-10,12-13H2,1-3H3,(H2,19,20,21). The van der Waals surface area contributed by atoms with Gasteiger partial charge in [-0.25, -0.2) is 0 Å².